The number of benzodiazepines with no additional fused rings is 1. The number of benzene rings is 2. The van der Waals surface area contributed by atoms with E-state index in [-0.39, 0.29) is 24.2 Å². The van der Waals surface area contributed by atoms with Crippen LogP contribution in [-0.4, -0.2) is 53.8 Å². The highest BCUT2D eigenvalue weighted by atomic mass is 35.5. The summed E-state index contributed by atoms with van der Waals surface area (Å²) >= 11 is 0. The van der Waals surface area contributed by atoms with Crippen LogP contribution in [0.4, 0.5) is 5.69 Å². The van der Waals surface area contributed by atoms with Crippen molar-refractivity contribution in [3.63, 3.8) is 0 Å². The quantitative estimate of drug-likeness (QED) is 0.564. The average molecular weight is 492 g/mol. The number of H-pyrrole nitrogens is 1. The third-order valence-electron chi connectivity index (χ3n) is 7.59. The number of hydrogen-bond acceptors (Lipinski definition) is 4. The van der Waals surface area contributed by atoms with Gasteiger partial charge in [0, 0.05) is 36.6 Å². The van der Waals surface area contributed by atoms with Crippen LogP contribution in [0.15, 0.2) is 59.6 Å². The Kier molecular flexibility index (Phi) is 6.28. The van der Waals surface area contributed by atoms with Crippen molar-refractivity contribution in [1.82, 2.24) is 15.2 Å². The topological polar surface area (TPSA) is 80.8 Å². The lowest BCUT2D eigenvalue weighted by atomic mass is 9.84. The van der Waals surface area contributed by atoms with Crippen molar-refractivity contribution in [2.45, 2.75) is 31.8 Å². The molecule has 3 fully saturated rings. The molecular weight excluding hydrogens is 462 g/mol. The molecule has 2 amide bonds. The fourth-order valence-electron chi connectivity index (χ4n) is 5.72. The van der Waals surface area contributed by atoms with Crippen molar-refractivity contribution >= 4 is 46.6 Å². The SMILES string of the molecule is CN1C(=O)C(NC(=O)c2cc3ccccc3[nH]2)N=C(N2CC3CCC(CC3)C2)c2ccccc21.Cl. The number of aromatic nitrogens is 1. The molecule has 1 saturated carbocycles. The number of amidine groups is 1. The number of para-hydroxylation sites is 2. The predicted octanol–water partition coefficient (Wildman–Crippen LogP) is 4.19. The summed E-state index contributed by atoms with van der Waals surface area (Å²) in [7, 11) is 1.76. The van der Waals surface area contributed by atoms with Crippen LogP contribution < -0.4 is 10.2 Å². The van der Waals surface area contributed by atoms with Gasteiger partial charge in [-0.15, -0.1) is 12.4 Å². The molecule has 7 nitrogen and oxygen atoms in total. The molecule has 4 aliphatic rings. The van der Waals surface area contributed by atoms with Gasteiger partial charge in [-0.05, 0) is 61.8 Å². The number of aromatic amines is 1. The molecule has 3 aliphatic heterocycles. The Balaban J connectivity index is 0.00000253. The molecular formula is C27H30ClN5O2. The van der Waals surface area contributed by atoms with Crippen molar-refractivity contribution in [2.75, 3.05) is 25.0 Å². The standard InChI is InChI=1S/C27H29N5O2.ClH/c1-31-23-9-5-3-7-20(23)25(32-15-17-10-11-18(16-32)13-12-17)29-24(27(31)34)30-26(33)22-14-19-6-2-4-8-21(19)28-22;/h2-9,14,17-18,24,28H,10-13,15-16H2,1H3,(H,30,33);1H. The zero-order chi connectivity index (χ0) is 23.2. The molecule has 1 aliphatic carbocycles. The zero-order valence-electron chi connectivity index (χ0n) is 19.7. The van der Waals surface area contributed by atoms with Gasteiger partial charge in [0.2, 0.25) is 6.17 Å². The second-order valence-corrected chi connectivity index (χ2v) is 9.81. The smallest absolute Gasteiger partial charge is 0.272 e. The van der Waals surface area contributed by atoms with Crippen LogP contribution in [0.2, 0.25) is 0 Å². The van der Waals surface area contributed by atoms with E-state index in [0.29, 0.717) is 17.5 Å². The third kappa shape index (κ3) is 4.29. The maximum Gasteiger partial charge on any atom is 0.272 e. The summed E-state index contributed by atoms with van der Waals surface area (Å²) in [6, 6.07) is 17.5. The van der Waals surface area contributed by atoms with Crippen LogP contribution in [0.25, 0.3) is 10.9 Å². The Labute approximate surface area is 211 Å². The lowest BCUT2D eigenvalue weighted by Crippen LogP contribution is -2.46. The zero-order valence-corrected chi connectivity index (χ0v) is 20.6. The molecule has 2 N–H and O–H groups in total. The van der Waals surface area contributed by atoms with Gasteiger partial charge in [-0.25, -0.2) is 4.99 Å². The highest BCUT2D eigenvalue weighted by Gasteiger charge is 2.36. The lowest BCUT2D eigenvalue weighted by Gasteiger charge is -2.27. The van der Waals surface area contributed by atoms with Gasteiger partial charge in [-0.2, -0.15) is 0 Å². The predicted molar refractivity (Wildman–Crippen MR) is 140 cm³/mol. The molecule has 3 aromatic rings. The van der Waals surface area contributed by atoms with E-state index in [4.69, 9.17) is 4.99 Å². The number of nitrogens with zero attached hydrogens (tertiary/aromatic N) is 3. The van der Waals surface area contributed by atoms with Gasteiger partial charge < -0.3 is 20.1 Å². The highest BCUT2D eigenvalue weighted by molar-refractivity contribution is 6.12. The summed E-state index contributed by atoms with van der Waals surface area (Å²) in [5.74, 6) is 1.54. The van der Waals surface area contributed by atoms with Crippen LogP contribution in [0.1, 0.15) is 41.7 Å². The van der Waals surface area contributed by atoms with Crippen molar-refractivity contribution in [3.8, 4) is 0 Å². The molecule has 2 bridgehead atoms. The Morgan fingerprint density at radius 2 is 1.66 bits per heavy atom. The maximum atomic E-state index is 13.5. The molecule has 182 valence electrons. The molecule has 7 rings (SSSR count). The van der Waals surface area contributed by atoms with Crippen molar-refractivity contribution in [3.05, 3.63) is 65.9 Å². The van der Waals surface area contributed by atoms with E-state index in [9.17, 15) is 9.59 Å². The first-order valence-corrected chi connectivity index (χ1v) is 12.1. The van der Waals surface area contributed by atoms with Crippen LogP contribution in [0.5, 0.6) is 0 Å². The number of hydrogen-bond donors (Lipinski definition) is 2. The van der Waals surface area contributed by atoms with Crippen LogP contribution in [0.3, 0.4) is 0 Å². The number of anilines is 1. The minimum atomic E-state index is -0.993. The van der Waals surface area contributed by atoms with Crippen molar-refractivity contribution < 1.29 is 9.59 Å². The van der Waals surface area contributed by atoms with E-state index in [1.807, 2.05) is 48.5 Å². The average Bonchev–Trinajstić information content (AvgIpc) is 3.01. The van der Waals surface area contributed by atoms with Gasteiger partial charge >= 0.3 is 0 Å². The minimum Gasteiger partial charge on any atom is -0.356 e. The first-order valence-electron chi connectivity index (χ1n) is 12.1. The van der Waals surface area contributed by atoms with Gasteiger partial charge in [0.1, 0.15) is 11.5 Å². The third-order valence-corrected chi connectivity index (χ3v) is 7.59. The number of carbonyl (C=O) groups excluding carboxylic acids is 2. The van der Waals surface area contributed by atoms with Gasteiger partial charge in [0.25, 0.3) is 11.8 Å². The second kappa shape index (κ2) is 9.38. The largest absolute Gasteiger partial charge is 0.356 e. The van der Waals surface area contributed by atoms with E-state index < -0.39 is 6.17 Å². The fourth-order valence-corrected chi connectivity index (χ4v) is 5.72. The number of fused-ring (bicyclic) bond motifs is 6. The number of halogens is 1. The number of rotatable bonds is 2. The minimum absolute atomic E-state index is 0. The Bertz CT molecular complexity index is 1250. The fraction of sp³-hybridized carbons (Fsp3) is 0.370. The monoisotopic (exact) mass is 491 g/mol. The molecule has 2 saturated heterocycles. The molecule has 35 heavy (non-hydrogen) atoms. The number of amides is 2. The molecule has 0 spiro atoms. The summed E-state index contributed by atoms with van der Waals surface area (Å²) in [5.41, 5.74) is 3.07. The van der Waals surface area contributed by atoms with E-state index in [1.54, 1.807) is 18.0 Å². The van der Waals surface area contributed by atoms with Crippen LogP contribution in [0, 0.1) is 11.8 Å². The number of likely N-dealkylation sites (N-methyl/N-ethyl adjacent to an activating group) is 1. The molecule has 1 atom stereocenters. The second-order valence-electron chi connectivity index (χ2n) is 9.81. The molecule has 2 aromatic carbocycles. The van der Waals surface area contributed by atoms with Gasteiger partial charge in [0.05, 0.1) is 5.69 Å². The molecule has 4 heterocycles. The van der Waals surface area contributed by atoms with E-state index in [1.165, 1.54) is 25.7 Å². The summed E-state index contributed by atoms with van der Waals surface area (Å²) in [4.78, 5) is 38.7. The van der Waals surface area contributed by atoms with Gasteiger partial charge in [-0.3, -0.25) is 9.59 Å². The maximum absolute atomic E-state index is 13.5. The number of nitrogens with one attached hydrogen (secondary N) is 2. The number of aliphatic imine (C=N–C) groups is 1. The molecule has 1 aromatic heterocycles. The first-order chi connectivity index (χ1) is 16.6. The highest BCUT2D eigenvalue weighted by Crippen LogP contribution is 2.36. The Morgan fingerprint density at radius 3 is 2.37 bits per heavy atom. The van der Waals surface area contributed by atoms with E-state index in [2.05, 4.69) is 15.2 Å². The summed E-state index contributed by atoms with van der Waals surface area (Å²) in [6.07, 6.45) is 4.04. The van der Waals surface area contributed by atoms with Gasteiger partial charge in [-0.1, -0.05) is 30.3 Å². The first kappa shape index (κ1) is 23.4. The van der Waals surface area contributed by atoms with E-state index >= 15 is 0 Å². The lowest BCUT2D eigenvalue weighted by molar-refractivity contribution is -0.119. The normalized spacial score (nSPS) is 23.7. The molecule has 1 unspecified atom stereocenters. The van der Waals surface area contributed by atoms with Crippen molar-refractivity contribution in [1.29, 1.82) is 0 Å². The summed E-state index contributed by atoms with van der Waals surface area (Å²) < 4.78 is 0. The summed E-state index contributed by atoms with van der Waals surface area (Å²) in [6.45, 7) is 1.90. The molecule has 8 heteroatoms. The Hall–Kier alpha value is -3.32. The summed E-state index contributed by atoms with van der Waals surface area (Å²) in [5, 5.41) is 3.85. The Morgan fingerprint density at radius 1 is 1.00 bits per heavy atom. The van der Waals surface area contributed by atoms with E-state index in [0.717, 1.165) is 41.1 Å². The molecule has 0 radical (unpaired) electrons. The van der Waals surface area contributed by atoms with Crippen LogP contribution >= 0.6 is 12.4 Å². The number of carbonyl (C=O) groups is 2. The van der Waals surface area contributed by atoms with Crippen LogP contribution in [-0.2, 0) is 4.79 Å². The van der Waals surface area contributed by atoms with Gasteiger partial charge in [0.15, 0.2) is 0 Å². The van der Waals surface area contributed by atoms with Crippen molar-refractivity contribution in [2.24, 2.45) is 16.8 Å².